The highest BCUT2D eigenvalue weighted by molar-refractivity contribution is 6.30. The minimum atomic E-state index is -0.129. The summed E-state index contributed by atoms with van der Waals surface area (Å²) in [5.74, 6) is 1.81. The topological polar surface area (TPSA) is 27.1 Å². The van der Waals surface area contributed by atoms with E-state index < -0.39 is 0 Å². The van der Waals surface area contributed by atoms with Gasteiger partial charge in [0.25, 0.3) is 0 Å². The van der Waals surface area contributed by atoms with Gasteiger partial charge < -0.3 is 9.30 Å². The number of fused-ring (bicyclic) bond motifs is 1. The zero-order valence-corrected chi connectivity index (χ0v) is 22.7. The van der Waals surface area contributed by atoms with E-state index in [1.165, 1.54) is 95.4 Å². The van der Waals surface area contributed by atoms with Gasteiger partial charge in [0.15, 0.2) is 11.9 Å². The monoisotopic (exact) mass is 496 g/mol. The van der Waals surface area contributed by atoms with E-state index >= 15 is 0 Å². The molecule has 0 amide bonds. The number of ether oxygens (including phenoxy) is 1. The summed E-state index contributed by atoms with van der Waals surface area (Å²) in [5.41, 5.74) is 2.24. The van der Waals surface area contributed by atoms with Crippen molar-refractivity contribution in [3.63, 3.8) is 0 Å². The van der Waals surface area contributed by atoms with Crippen LogP contribution in [-0.2, 0) is 6.54 Å². The van der Waals surface area contributed by atoms with Crippen molar-refractivity contribution in [3.05, 3.63) is 59.4 Å². The third-order valence-electron chi connectivity index (χ3n) is 6.91. The number of unbranched alkanes of at least 4 members (excludes halogenated alkanes) is 13. The molecule has 2 aromatic carbocycles. The number of aromatic nitrogens is 2. The Labute approximate surface area is 218 Å². The molecule has 0 saturated heterocycles. The quantitative estimate of drug-likeness (QED) is 0.164. The number of para-hydroxylation sites is 2. The number of hydrogen-bond acceptors (Lipinski definition) is 2. The van der Waals surface area contributed by atoms with E-state index in [4.69, 9.17) is 21.3 Å². The number of rotatable bonds is 18. The number of imidazole rings is 1. The minimum Gasteiger partial charge on any atom is -0.483 e. The highest BCUT2D eigenvalue weighted by Crippen LogP contribution is 2.27. The lowest BCUT2D eigenvalue weighted by molar-refractivity contribution is 0.211. The van der Waals surface area contributed by atoms with Gasteiger partial charge in [-0.2, -0.15) is 0 Å². The molecule has 35 heavy (non-hydrogen) atoms. The van der Waals surface area contributed by atoms with Gasteiger partial charge in [-0.05, 0) is 49.7 Å². The zero-order valence-electron chi connectivity index (χ0n) is 22.0. The molecule has 3 nitrogen and oxygen atoms in total. The average molecular weight is 497 g/mol. The van der Waals surface area contributed by atoms with E-state index in [9.17, 15) is 0 Å². The maximum Gasteiger partial charge on any atom is 0.153 e. The lowest BCUT2D eigenvalue weighted by Crippen LogP contribution is -2.12. The van der Waals surface area contributed by atoms with Gasteiger partial charge in [-0.25, -0.2) is 4.98 Å². The Morgan fingerprint density at radius 2 is 1.29 bits per heavy atom. The number of aryl methyl sites for hydroxylation is 1. The van der Waals surface area contributed by atoms with Crippen molar-refractivity contribution in [2.75, 3.05) is 0 Å². The van der Waals surface area contributed by atoms with Crippen LogP contribution in [0.3, 0.4) is 0 Å². The molecule has 1 aromatic heterocycles. The highest BCUT2D eigenvalue weighted by atomic mass is 35.5. The minimum absolute atomic E-state index is 0.129. The molecule has 0 aliphatic rings. The van der Waals surface area contributed by atoms with Crippen LogP contribution in [0.2, 0.25) is 5.02 Å². The van der Waals surface area contributed by atoms with E-state index in [1.54, 1.807) is 0 Å². The Hall–Kier alpha value is -2.00. The molecular weight excluding hydrogens is 452 g/mol. The first-order valence-electron chi connectivity index (χ1n) is 14.1. The van der Waals surface area contributed by atoms with Crippen molar-refractivity contribution in [1.29, 1.82) is 0 Å². The summed E-state index contributed by atoms with van der Waals surface area (Å²) >= 11 is 6.02. The molecule has 1 atom stereocenters. The summed E-state index contributed by atoms with van der Waals surface area (Å²) < 4.78 is 8.57. The van der Waals surface area contributed by atoms with Crippen molar-refractivity contribution in [1.82, 2.24) is 9.55 Å². The summed E-state index contributed by atoms with van der Waals surface area (Å²) in [4.78, 5) is 4.92. The van der Waals surface area contributed by atoms with Crippen LogP contribution >= 0.6 is 11.6 Å². The second-order valence-corrected chi connectivity index (χ2v) is 10.4. The molecule has 0 fully saturated rings. The molecule has 1 heterocycles. The van der Waals surface area contributed by atoms with Gasteiger partial charge in [-0.15, -0.1) is 0 Å². The van der Waals surface area contributed by atoms with Crippen molar-refractivity contribution >= 4 is 22.6 Å². The molecule has 4 heteroatoms. The summed E-state index contributed by atoms with van der Waals surface area (Å²) in [7, 11) is 0. The summed E-state index contributed by atoms with van der Waals surface area (Å²) in [5, 5.41) is 0.718. The van der Waals surface area contributed by atoms with Gasteiger partial charge in [0.1, 0.15) is 5.75 Å². The van der Waals surface area contributed by atoms with Crippen LogP contribution in [-0.4, -0.2) is 9.55 Å². The summed E-state index contributed by atoms with van der Waals surface area (Å²) in [6, 6.07) is 16.0. The van der Waals surface area contributed by atoms with Crippen LogP contribution in [0.15, 0.2) is 48.5 Å². The van der Waals surface area contributed by atoms with Crippen molar-refractivity contribution in [2.24, 2.45) is 0 Å². The van der Waals surface area contributed by atoms with Crippen LogP contribution < -0.4 is 4.74 Å². The molecule has 3 rings (SSSR count). The normalized spacial score (nSPS) is 12.3. The number of benzene rings is 2. The lowest BCUT2D eigenvalue weighted by Gasteiger charge is -2.17. The molecule has 0 saturated carbocycles. The van der Waals surface area contributed by atoms with Crippen LogP contribution in [0.5, 0.6) is 5.75 Å². The van der Waals surface area contributed by atoms with Crippen LogP contribution in [0.25, 0.3) is 11.0 Å². The Balaban J connectivity index is 1.38. The third kappa shape index (κ3) is 9.52. The maximum absolute atomic E-state index is 6.21. The third-order valence-corrected chi connectivity index (χ3v) is 7.16. The number of halogens is 1. The molecule has 0 radical (unpaired) electrons. The fourth-order valence-electron chi connectivity index (χ4n) is 4.87. The predicted molar refractivity (Wildman–Crippen MR) is 151 cm³/mol. The maximum atomic E-state index is 6.21. The molecule has 0 aliphatic heterocycles. The molecule has 0 aliphatic carbocycles. The first kappa shape index (κ1) is 27.6. The fourth-order valence-corrected chi connectivity index (χ4v) is 5.00. The van der Waals surface area contributed by atoms with Crippen LogP contribution in [0.1, 0.15) is 116 Å². The van der Waals surface area contributed by atoms with E-state index in [-0.39, 0.29) is 6.10 Å². The molecule has 1 unspecified atom stereocenters. The Morgan fingerprint density at radius 1 is 0.743 bits per heavy atom. The van der Waals surface area contributed by atoms with Gasteiger partial charge in [0, 0.05) is 11.6 Å². The Bertz CT molecular complexity index is 966. The molecule has 192 valence electrons. The smallest absolute Gasteiger partial charge is 0.153 e. The van der Waals surface area contributed by atoms with E-state index in [1.807, 2.05) is 24.3 Å². The summed E-state index contributed by atoms with van der Waals surface area (Å²) in [6.07, 6.45) is 19.2. The Morgan fingerprint density at radius 3 is 1.89 bits per heavy atom. The van der Waals surface area contributed by atoms with Crippen LogP contribution in [0, 0.1) is 0 Å². The van der Waals surface area contributed by atoms with E-state index in [2.05, 4.69) is 42.7 Å². The number of hydrogen-bond donors (Lipinski definition) is 0. The second kappa shape index (κ2) is 15.9. The largest absolute Gasteiger partial charge is 0.483 e. The molecule has 0 bridgehead atoms. The van der Waals surface area contributed by atoms with Crippen molar-refractivity contribution in [2.45, 2.75) is 116 Å². The SMILES string of the molecule is CCCCCCCCCCCCCCCCn1c(C(C)Oc2ccc(Cl)cc2)nc2ccccc21. The Kier molecular flexibility index (Phi) is 12.5. The first-order chi connectivity index (χ1) is 17.2. The van der Waals surface area contributed by atoms with Gasteiger partial charge >= 0.3 is 0 Å². The average Bonchev–Trinajstić information content (AvgIpc) is 3.24. The molecular formula is C31H45ClN2O. The molecule has 3 aromatic rings. The lowest BCUT2D eigenvalue weighted by atomic mass is 10.0. The zero-order chi connectivity index (χ0) is 24.7. The van der Waals surface area contributed by atoms with E-state index in [0.29, 0.717) is 0 Å². The molecule has 0 spiro atoms. The van der Waals surface area contributed by atoms with Crippen molar-refractivity contribution in [3.8, 4) is 5.75 Å². The highest BCUT2D eigenvalue weighted by Gasteiger charge is 2.18. The second-order valence-electron chi connectivity index (χ2n) is 9.92. The van der Waals surface area contributed by atoms with Gasteiger partial charge in [-0.1, -0.05) is 114 Å². The fraction of sp³-hybridized carbons (Fsp3) is 0.581. The van der Waals surface area contributed by atoms with Gasteiger partial charge in [0.2, 0.25) is 0 Å². The standard InChI is InChI=1S/C31H45ClN2O/c1-3-4-5-6-7-8-9-10-11-12-13-14-15-18-25-34-30-20-17-16-19-29(30)33-31(34)26(2)35-28-23-21-27(32)22-24-28/h16-17,19-24,26H,3-15,18,25H2,1-2H3. The van der Waals surface area contributed by atoms with Gasteiger partial charge in [0.05, 0.1) is 11.0 Å². The predicted octanol–water partition coefficient (Wildman–Crippen LogP) is 10.3. The first-order valence-corrected chi connectivity index (χ1v) is 14.4. The van der Waals surface area contributed by atoms with Crippen molar-refractivity contribution < 1.29 is 4.74 Å². The van der Waals surface area contributed by atoms with Crippen LogP contribution in [0.4, 0.5) is 0 Å². The van der Waals surface area contributed by atoms with Gasteiger partial charge in [-0.3, -0.25) is 0 Å². The van der Waals surface area contributed by atoms with E-state index in [0.717, 1.165) is 28.7 Å². The molecule has 0 N–H and O–H groups in total. The summed E-state index contributed by atoms with van der Waals surface area (Å²) in [6.45, 7) is 5.36. The number of nitrogens with zero attached hydrogens (tertiary/aromatic N) is 2.